The molecule has 1 N–H and O–H groups in total. The molecule has 12 heteroatoms. The molecule has 1 aliphatic heterocycles. The molecule has 2 amide bonds. The Morgan fingerprint density at radius 3 is 2.11 bits per heavy atom. The molecule has 206 valence electrons. The highest BCUT2D eigenvalue weighted by Crippen LogP contribution is 2.39. The van der Waals surface area contributed by atoms with Crippen molar-refractivity contribution in [2.24, 2.45) is 0 Å². The Morgan fingerprint density at radius 1 is 1.05 bits per heavy atom. The van der Waals surface area contributed by atoms with Gasteiger partial charge in [0.2, 0.25) is 0 Å². The van der Waals surface area contributed by atoms with E-state index in [9.17, 15) is 35.5 Å². The Kier molecular flexibility index (Phi) is 9.51. The molecule has 1 heterocycles. The van der Waals surface area contributed by atoms with Gasteiger partial charge in [-0.15, -0.1) is 12.4 Å². The van der Waals surface area contributed by atoms with Crippen LogP contribution in [0.25, 0.3) is 0 Å². The first-order valence-electron chi connectivity index (χ1n) is 11.4. The van der Waals surface area contributed by atoms with Crippen molar-refractivity contribution in [1.82, 2.24) is 15.1 Å². The largest absolute Gasteiger partial charge is 0.416 e. The van der Waals surface area contributed by atoms with E-state index >= 15 is 0 Å². The number of nitrogens with one attached hydrogen (secondary N) is 1. The minimum atomic E-state index is -4.99. The SMILES string of the molecule is CN[C@@H]1CCN(C(=O)N(C)[C@H](C)c2cc(C(F)(F)F)cc(C(F)(F)F)c2)[C@@H](c2ccc(F)cc2C)C1.Cl. The second-order valence-corrected chi connectivity index (χ2v) is 9.13. The van der Waals surface area contributed by atoms with E-state index in [2.05, 4.69) is 5.32 Å². The maximum Gasteiger partial charge on any atom is 0.416 e. The number of nitrogens with zero attached hydrogens (tertiary/aromatic N) is 2. The summed E-state index contributed by atoms with van der Waals surface area (Å²) >= 11 is 0. The fraction of sp³-hybridized carbons (Fsp3) is 0.480. The first kappa shape index (κ1) is 30.7. The topological polar surface area (TPSA) is 35.6 Å². The number of hydrogen-bond donors (Lipinski definition) is 1. The van der Waals surface area contributed by atoms with Crippen LogP contribution in [0, 0.1) is 12.7 Å². The number of benzene rings is 2. The van der Waals surface area contributed by atoms with Gasteiger partial charge in [-0.1, -0.05) is 6.07 Å². The number of halogens is 8. The van der Waals surface area contributed by atoms with Crippen molar-refractivity contribution < 1.29 is 35.5 Å². The lowest BCUT2D eigenvalue weighted by molar-refractivity contribution is -0.143. The smallest absolute Gasteiger partial charge is 0.321 e. The molecule has 2 aromatic rings. The van der Waals surface area contributed by atoms with Crippen LogP contribution in [0.2, 0.25) is 0 Å². The predicted octanol–water partition coefficient (Wildman–Crippen LogP) is 7.13. The van der Waals surface area contributed by atoms with E-state index in [-0.39, 0.29) is 30.1 Å². The molecule has 1 aliphatic rings. The summed E-state index contributed by atoms with van der Waals surface area (Å²) in [6.07, 6.45) is -8.86. The molecule has 0 bridgehead atoms. The van der Waals surface area contributed by atoms with E-state index in [4.69, 9.17) is 0 Å². The van der Waals surface area contributed by atoms with Gasteiger partial charge in [-0.3, -0.25) is 0 Å². The number of carbonyl (C=O) groups is 1. The van der Waals surface area contributed by atoms with E-state index in [0.29, 0.717) is 37.1 Å². The summed E-state index contributed by atoms with van der Waals surface area (Å²) in [6.45, 7) is 3.41. The van der Waals surface area contributed by atoms with Gasteiger partial charge in [0.25, 0.3) is 0 Å². The maximum absolute atomic E-state index is 13.7. The van der Waals surface area contributed by atoms with E-state index in [1.165, 1.54) is 26.1 Å². The number of alkyl halides is 6. The standard InChI is InChI=1S/C25H28F7N3O.ClH/c1-14-9-19(26)5-6-21(14)22-13-20(33-3)7-8-35(22)23(36)34(4)15(2)16-10-17(24(27,28)29)12-18(11-16)25(30,31)32;/h5-6,9-12,15,20,22,33H,7-8,13H2,1-4H3;1H/t15-,20-,22-;/m1./s1. The third-order valence-corrected chi connectivity index (χ3v) is 6.82. The number of urea groups is 1. The fourth-order valence-corrected chi connectivity index (χ4v) is 4.58. The Bertz CT molecular complexity index is 1070. The molecular formula is C25H29ClF7N3O. The number of piperidine rings is 1. The number of amides is 2. The van der Waals surface area contributed by atoms with Gasteiger partial charge < -0.3 is 15.1 Å². The van der Waals surface area contributed by atoms with Crippen molar-refractivity contribution >= 4 is 18.4 Å². The van der Waals surface area contributed by atoms with Gasteiger partial charge in [0, 0.05) is 19.6 Å². The highest BCUT2D eigenvalue weighted by Gasteiger charge is 2.39. The van der Waals surface area contributed by atoms with Crippen LogP contribution in [0.4, 0.5) is 35.5 Å². The Labute approximate surface area is 217 Å². The normalized spacial score (nSPS) is 19.3. The first-order chi connectivity index (χ1) is 16.6. The molecule has 1 fully saturated rings. The second-order valence-electron chi connectivity index (χ2n) is 9.13. The van der Waals surface area contributed by atoms with Gasteiger partial charge in [0.1, 0.15) is 5.82 Å². The van der Waals surface area contributed by atoms with Crippen LogP contribution >= 0.6 is 12.4 Å². The molecule has 0 saturated carbocycles. The average Bonchev–Trinajstić information content (AvgIpc) is 2.81. The molecule has 0 spiro atoms. The number of rotatable bonds is 4. The zero-order chi connectivity index (χ0) is 27.0. The molecule has 3 rings (SSSR count). The molecule has 37 heavy (non-hydrogen) atoms. The highest BCUT2D eigenvalue weighted by molar-refractivity contribution is 5.85. The number of hydrogen-bond acceptors (Lipinski definition) is 2. The van der Waals surface area contributed by atoms with Crippen molar-refractivity contribution in [2.75, 3.05) is 20.6 Å². The van der Waals surface area contributed by atoms with Gasteiger partial charge in [-0.25, -0.2) is 9.18 Å². The Morgan fingerprint density at radius 2 is 1.62 bits per heavy atom. The summed E-state index contributed by atoms with van der Waals surface area (Å²) in [5, 5.41) is 3.17. The maximum atomic E-state index is 13.7. The van der Waals surface area contributed by atoms with Crippen LogP contribution in [0.3, 0.4) is 0 Å². The summed E-state index contributed by atoms with van der Waals surface area (Å²) in [6, 6.07) is 3.57. The van der Waals surface area contributed by atoms with Crippen molar-refractivity contribution in [3.05, 3.63) is 70.0 Å². The minimum Gasteiger partial charge on any atom is -0.321 e. The molecular weight excluding hydrogens is 527 g/mol. The lowest BCUT2D eigenvalue weighted by Gasteiger charge is -2.43. The van der Waals surface area contributed by atoms with E-state index in [1.807, 2.05) is 0 Å². The van der Waals surface area contributed by atoms with Crippen molar-refractivity contribution in [3.8, 4) is 0 Å². The minimum absolute atomic E-state index is 0. The highest BCUT2D eigenvalue weighted by atomic mass is 35.5. The summed E-state index contributed by atoms with van der Waals surface area (Å²) < 4.78 is 93.7. The lowest BCUT2D eigenvalue weighted by Crippen LogP contribution is -2.50. The van der Waals surface area contributed by atoms with Crippen LogP contribution in [-0.2, 0) is 12.4 Å². The molecule has 0 aliphatic carbocycles. The van der Waals surface area contributed by atoms with Crippen LogP contribution in [0.1, 0.15) is 59.7 Å². The van der Waals surface area contributed by atoms with Crippen LogP contribution in [0.5, 0.6) is 0 Å². The van der Waals surface area contributed by atoms with Crippen LogP contribution in [0.15, 0.2) is 36.4 Å². The third kappa shape index (κ3) is 6.87. The molecule has 4 nitrogen and oxygen atoms in total. The zero-order valence-corrected chi connectivity index (χ0v) is 21.5. The van der Waals surface area contributed by atoms with Crippen molar-refractivity contribution in [3.63, 3.8) is 0 Å². The van der Waals surface area contributed by atoms with E-state index in [0.717, 1.165) is 10.5 Å². The van der Waals surface area contributed by atoms with Gasteiger partial charge >= 0.3 is 18.4 Å². The fourth-order valence-electron chi connectivity index (χ4n) is 4.58. The summed E-state index contributed by atoms with van der Waals surface area (Å²) in [5.74, 6) is -0.425. The number of likely N-dealkylation sites (tertiary alicyclic amines) is 1. The molecule has 3 atom stereocenters. The van der Waals surface area contributed by atoms with Crippen molar-refractivity contribution in [1.29, 1.82) is 0 Å². The lowest BCUT2D eigenvalue weighted by atomic mass is 9.89. The van der Waals surface area contributed by atoms with Crippen LogP contribution < -0.4 is 5.32 Å². The third-order valence-electron chi connectivity index (χ3n) is 6.82. The van der Waals surface area contributed by atoms with Gasteiger partial charge in [-0.05, 0) is 80.8 Å². The molecule has 0 aromatic heterocycles. The van der Waals surface area contributed by atoms with Gasteiger partial charge in [0.15, 0.2) is 0 Å². The van der Waals surface area contributed by atoms with E-state index < -0.39 is 47.4 Å². The van der Waals surface area contributed by atoms with Gasteiger partial charge in [-0.2, -0.15) is 26.3 Å². The summed E-state index contributed by atoms with van der Waals surface area (Å²) in [7, 11) is 3.13. The van der Waals surface area contributed by atoms with Crippen molar-refractivity contribution in [2.45, 2.75) is 57.2 Å². The molecule has 0 unspecified atom stereocenters. The summed E-state index contributed by atoms with van der Waals surface area (Å²) in [5.41, 5.74) is -1.79. The second kappa shape index (κ2) is 11.5. The molecule has 0 radical (unpaired) electrons. The first-order valence-corrected chi connectivity index (χ1v) is 11.4. The summed E-state index contributed by atoms with van der Waals surface area (Å²) in [4.78, 5) is 16.2. The van der Waals surface area contributed by atoms with Crippen LogP contribution in [-0.4, -0.2) is 42.5 Å². The molecule has 2 aromatic carbocycles. The molecule has 1 saturated heterocycles. The van der Waals surface area contributed by atoms with Gasteiger partial charge in [0.05, 0.1) is 23.2 Å². The zero-order valence-electron chi connectivity index (χ0n) is 20.7. The average molecular weight is 556 g/mol. The quantitative estimate of drug-likeness (QED) is 0.407. The van der Waals surface area contributed by atoms with E-state index in [1.54, 1.807) is 24.9 Å². The monoisotopic (exact) mass is 555 g/mol. The predicted molar refractivity (Wildman–Crippen MR) is 128 cm³/mol. The number of aryl methyl sites for hydroxylation is 1. The Hall–Kier alpha value is -2.53. The number of carbonyl (C=O) groups excluding carboxylic acids is 1. The Balaban J connectivity index is 0.00000481.